The van der Waals surface area contributed by atoms with Crippen LogP contribution in [0.5, 0.6) is 5.75 Å². The number of ether oxygens (including phenoxy) is 1. The van der Waals surface area contributed by atoms with E-state index in [4.69, 9.17) is 4.74 Å². The van der Waals surface area contributed by atoms with Crippen LogP contribution in [0.25, 0.3) is 0 Å². The van der Waals surface area contributed by atoms with E-state index in [0.717, 1.165) is 44.0 Å². The number of fused-ring (bicyclic) bond motifs is 1. The predicted molar refractivity (Wildman–Crippen MR) is 92.2 cm³/mol. The van der Waals surface area contributed by atoms with Crippen LogP contribution in [0.1, 0.15) is 26.2 Å². The summed E-state index contributed by atoms with van der Waals surface area (Å²) in [5.41, 5.74) is 0.762. The molecule has 1 N–H and O–H groups in total. The molecule has 0 aliphatic carbocycles. The zero-order chi connectivity index (χ0) is 16.9. The van der Waals surface area contributed by atoms with E-state index in [1.807, 2.05) is 36.1 Å². The van der Waals surface area contributed by atoms with E-state index in [1.165, 1.54) is 0 Å². The van der Waals surface area contributed by atoms with E-state index < -0.39 is 6.10 Å². The summed E-state index contributed by atoms with van der Waals surface area (Å²) in [5, 5.41) is 3.30. The van der Waals surface area contributed by atoms with E-state index in [-0.39, 0.29) is 11.8 Å². The average molecular weight is 331 g/mol. The normalized spacial score (nSPS) is 21.0. The Kier molecular flexibility index (Phi) is 5.35. The lowest BCUT2D eigenvalue weighted by atomic mass is 10.1. The summed E-state index contributed by atoms with van der Waals surface area (Å²) in [6.07, 6.45) is 1.48. The molecule has 2 aliphatic heterocycles. The number of benzene rings is 1. The maximum atomic E-state index is 12.6. The smallest absolute Gasteiger partial charge is 0.268 e. The first-order valence-corrected chi connectivity index (χ1v) is 8.76. The van der Waals surface area contributed by atoms with Gasteiger partial charge in [0.15, 0.2) is 6.10 Å². The van der Waals surface area contributed by atoms with Gasteiger partial charge in [0.2, 0.25) is 5.91 Å². The molecule has 2 aliphatic rings. The van der Waals surface area contributed by atoms with Gasteiger partial charge in [-0.25, -0.2) is 0 Å². The highest BCUT2D eigenvalue weighted by Gasteiger charge is 2.33. The van der Waals surface area contributed by atoms with Gasteiger partial charge in [-0.2, -0.15) is 0 Å². The van der Waals surface area contributed by atoms with E-state index >= 15 is 0 Å². The lowest BCUT2D eigenvalue weighted by molar-refractivity contribution is -0.131. The molecule has 1 atom stereocenters. The van der Waals surface area contributed by atoms with Gasteiger partial charge in [0.1, 0.15) is 5.75 Å². The monoisotopic (exact) mass is 331 g/mol. The van der Waals surface area contributed by atoms with Crippen LogP contribution >= 0.6 is 0 Å². The Bertz CT molecular complexity index is 597. The van der Waals surface area contributed by atoms with Crippen LogP contribution in [0.2, 0.25) is 0 Å². The van der Waals surface area contributed by atoms with Crippen LogP contribution < -0.4 is 15.0 Å². The second kappa shape index (κ2) is 7.66. The Morgan fingerprint density at radius 1 is 1.29 bits per heavy atom. The Morgan fingerprint density at radius 3 is 2.96 bits per heavy atom. The fourth-order valence-electron chi connectivity index (χ4n) is 3.23. The molecule has 1 fully saturated rings. The van der Waals surface area contributed by atoms with Gasteiger partial charge in [-0.15, -0.1) is 0 Å². The largest absolute Gasteiger partial charge is 0.478 e. The molecule has 0 aromatic heterocycles. The second-order valence-corrected chi connectivity index (χ2v) is 6.21. The first-order valence-electron chi connectivity index (χ1n) is 8.76. The third-order valence-electron chi connectivity index (χ3n) is 4.58. The number of hydrogen-bond acceptors (Lipinski definition) is 4. The minimum Gasteiger partial charge on any atom is -0.478 e. The number of para-hydroxylation sites is 2. The molecular weight excluding hydrogens is 306 g/mol. The molecule has 130 valence electrons. The summed E-state index contributed by atoms with van der Waals surface area (Å²) in [6, 6.07) is 7.53. The van der Waals surface area contributed by atoms with E-state index in [9.17, 15) is 9.59 Å². The molecular formula is C18H25N3O3. The molecule has 0 saturated carbocycles. The Hall–Kier alpha value is -2.08. The van der Waals surface area contributed by atoms with Crippen LogP contribution in [-0.2, 0) is 9.59 Å². The lowest BCUT2D eigenvalue weighted by Gasteiger charge is -2.34. The van der Waals surface area contributed by atoms with Gasteiger partial charge in [0.05, 0.1) is 5.69 Å². The zero-order valence-corrected chi connectivity index (χ0v) is 14.2. The third kappa shape index (κ3) is 3.53. The van der Waals surface area contributed by atoms with Gasteiger partial charge in [0, 0.05) is 32.6 Å². The third-order valence-corrected chi connectivity index (χ3v) is 4.58. The highest BCUT2D eigenvalue weighted by atomic mass is 16.5. The van der Waals surface area contributed by atoms with Crippen molar-refractivity contribution in [2.45, 2.75) is 32.3 Å². The van der Waals surface area contributed by atoms with Crippen LogP contribution in [-0.4, -0.2) is 55.5 Å². The number of nitrogens with zero attached hydrogens (tertiary/aromatic N) is 2. The van der Waals surface area contributed by atoms with Gasteiger partial charge in [-0.1, -0.05) is 19.1 Å². The van der Waals surface area contributed by atoms with E-state index in [0.29, 0.717) is 19.4 Å². The van der Waals surface area contributed by atoms with Gasteiger partial charge >= 0.3 is 0 Å². The summed E-state index contributed by atoms with van der Waals surface area (Å²) < 4.78 is 5.77. The van der Waals surface area contributed by atoms with Crippen molar-refractivity contribution in [2.75, 3.05) is 37.6 Å². The minimum absolute atomic E-state index is 0.0541. The molecule has 2 amide bonds. The van der Waals surface area contributed by atoms with Crippen molar-refractivity contribution in [3.05, 3.63) is 24.3 Å². The van der Waals surface area contributed by atoms with Gasteiger partial charge in [0.25, 0.3) is 5.91 Å². The molecule has 1 aromatic rings. The molecule has 6 heteroatoms. The predicted octanol–water partition coefficient (Wildman–Crippen LogP) is 1.40. The first-order chi connectivity index (χ1) is 11.7. The lowest BCUT2D eigenvalue weighted by Crippen LogP contribution is -2.47. The van der Waals surface area contributed by atoms with Crippen molar-refractivity contribution in [1.29, 1.82) is 0 Å². The topological polar surface area (TPSA) is 61.9 Å². The molecule has 1 unspecified atom stereocenters. The molecule has 1 saturated heterocycles. The van der Waals surface area contributed by atoms with Crippen molar-refractivity contribution in [1.82, 2.24) is 10.2 Å². The van der Waals surface area contributed by atoms with Gasteiger partial charge in [-0.05, 0) is 31.5 Å². The molecule has 0 spiro atoms. The van der Waals surface area contributed by atoms with Crippen LogP contribution in [0.15, 0.2) is 24.3 Å². The highest BCUT2D eigenvalue weighted by molar-refractivity contribution is 6.00. The molecule has 0 bridgehead atoms. The number of nitrogens with one attached hydrogen (secondary N) is 1. The summed E-state index contributed by atoms with van der Waals surface area (Å²) in [7, 11) is 0. The molecule has 6 nitrogen and oxygen atoms in total. The fraction of sp³-hybridized carbons (Fsp3) is 0.556. The second-order valence-electron chi connectivity index (χ2n) is 6.21. The highest BCUT2D eigenvalue weighted by Crippen LogP contribution is 2.34. The SMILES string of the molecule is CCC1Oc2ccccc2N(CCC(=O)N2CCCNCC2)C1=O. The zero-order valence-electron chi connectivity index (χ0n) is 14.2. The van der Waals surface area contributed by atoms with Crippen LogP contribution in [0.3, 0.4) is 0 Å². The van der Waals surface area contributed by atoms with Crippen molar-refractivity contribution >= 4 is 17.5 Å². The Morgan fingerprint density at radius 2 is 2.12 bits per heavy atom. The fourth-order valence-corrected chi connectivity index (χ4v) is 3.23. The van der Waals surface area contributed by atoms with Gasteiger partial charge in [-0.3, -0.25) is 9.59 Å². The minimum atomic E-state index is -0.461. The quantitative estimate of drug-likeness (QED) is 0.906. The summed E-state index contributed by atoms with van der Waals surface area (Å²) in [6.45, 7) is 5.66. The number of carbonyl (C=O) groups is 2. The van der Waals surface area contributed by atoms with E-state index in [2.05, 4.69) is 5.32 Å². The molecule has 24 heavy (non-hydrogen) atoms. The van der Waals surface area contributed by atoms with Gasteiger partial charge < -0.3 is 19.9 Å². The molecule has 2 heterocycles. The Balaban J connectivity index is 1.68. The van der Waals surface area contributed by atoms with Crippen LogP contribution in [0, 0.1) is 0 Å². The molecule has 3 rings (SSSR count). The van der Waals surface area contributed by atoms with Crippen molar-refractivity contribution in [3.63, 3.8) is 0 Å². The van der Waals surface area contributed by atoms with Crippen LogP contribution in [0.4, 0.5) is 5.69 Å². The number of anilines is 1. The maximum absolute atomic E-state index is 12.6. The van der Waals surface area contributed by atoms with E-state index in [1.54, 1.807) is 4.90 Å². The molecule has 1 aromatic carbocycles. The standard InChI is InChI=1S/C18H25N3O3/c1-2-15-18(23)21(14-6-3-4-7-16(14)24-15)12-8-17(22)20-11-5-9-19-10-13-20/h3-4,6-7,15,19H,2,5,8-13H2,1H3. The van der Waals surface area contributed by atoms with Crippen molar-refractivity contribution < 1.29 is 14.3 Å². The molecule has 0 radical (unpaired) electrons. The van der Waals surface area contributed by atoms with Crippen molar-refractivity contribution in [2.24, 2.45) is 0 Å². The summed E-state index contributed by atoms with van der Waals surface area (Å²) in [4.78, 5) is 28.7. The Labute approximate surface area is 142 Å². The number of rotatable bonds is 4. The number of hydrogen-bond donors (Lipinski definition) is 1. The number of carbonyl (C=O) groups excluding carboxylic acids is 2. The first kappa shape index (κ1) is 16.8. The summed E-state index contributed by atoms with van der Waals surface area (Å²) >= 11 is 0. The van der Waals surface area contributed by atoms with Crippen molar-refractivity contribution in [3.8, 4) is 5.75 Å². The maximum Gasteiger partial charge on any atom is 0.268 e. The average Bonchev–Trinajstić information content (AvgIpc) is 2.89. The summed E-state index contributed by atoms with van der Waals surface area (Å²) in [5.74, 6) is 0.778. The number of amides is 2.